The van der Waals surface area contributed by atoms with Gasteiger partial charge in [0.2, 0.25) is 21.8 Å². The lowest BCUT2D eigenvalue weighted by Crippen LogP contribution is -2.47. The van der Waals surface area contributed by atoms with E-state index in [0.717, 1.165) is 16.1 Å². The number of carbonyl (C=O) groups excluding carboxylic acids is 2. The second kappa shape index (κ2) is 11.2. The number of hydrogen-bond acceptors (Lipinski definition) is 5. The molecule has 0 heterocycles. The Morgan fingerprint density at radius 1 is 1.10 bits per heavy atom. The van der Waals surface area contributed by atoms with Gasteiger partial charge in [0, 0.05) is 25.2 Å². The van der Waals surface area contributed by atoms with Crippen LogP contribution in [0.5, 0.6) is 0 Å². The minimum Gasteiger partial charge on any atom is -0.395 e. The summed E-state index contributed by atoms with van der Waals surface area (Å²) in [6.07, 6.45) is 1.01. The maximum atomic E-state index is 13.2. The number of aliphatic hydroxyl groups excluding tert-OH is 1. The van der Waals surface area contributed by atoms with Crippen LogP contribution in [0.3, 0.4) is 0 Å². The lowest BCUT2D eigenvalue weighted by atomic mass is 10.0. The molecule has 0 aliphatic rings. The van der Waals surface area contributed by atoms with Crippen molar-refractivity contribution in [2.45, 2.75) is 12.6 Å². The van der Waals surface area contributed by atoms with Crippen LogP contribution < -0.4 is 5.32 Å². The number of halogens is 1. The van der Waals surface area contributed by atoms with Crippen molar-refractivity contribution in [3.8, 4) is 0 Å². The Hall–Kier alpha value is -2.46. The molecule has 0 aliphatic carbocycles. The molecule has 168 valence electrons. The Balaban J connectivity index is 2.47. The average molecular weight is 468 g/mol. The predicted octanol–water partition coefficient (Wildman–Crippen LogP) is 1.41. The first-order chi connectivity index (χ1) is 14.6. The molecule has 0 fully saturated rings. The van der Waals surface area contributed by atoms with E-state index >= 15 is 0 Å². The van der Waals surface area contributed by atoms with Crippen LogP contribution in [-0.4, -0.2) is 67.5 Å². The topological polar surface area (TPSA) is 107 Å². The fourth-order valence-corrected chi connectivity index (χ4v) is 3.36. The minimum absolute atomic E-state index is 0.0222. The summed E-state index contributed by atoms with van der Waals surface area (Å²) >= 11 is 5.95. The number of sulfonamides is 1. The van der Waals surface area contributed by atoms with Gasteiger partial charge in [-0.1, -0.05) is 54.1 Å². The number of aliphatic hydroxyl groups is 1. The molecule has 10 heteroatoms. The van der Waals surface area contributed by atoms with Gasteiger partial charge in [0.15, 0.2) is 0 Å². The third kappa shape index (κ3) is 7.32. The molecule has 0 spiro atoms. The molecule has 31 heavy (non-hydrogen) atoms. The maximum Gasteiger partial charge on any atom is 0.247 e. The van der Waals surface area contributed by atoms with Gasteiger partial charge in [0.25, 0.3) is 0 Å². The Morgan fingerprint density at radius 3 is 2.26 bits per heavy atom. The van der Waals surface area contributed by atoms with Gasteiger partial charge in [-0.2, -0.15) is 4.31 Å². The molecule has 2 rings (SSSR count). The number of amides is 2. The van der Waals surface area contributed by atoms with E-state index in [1.165, 1.54) is 11.9 Å². The zero-order valence-electron chi connectivity index (χ0n) is 17.4. The molecule has 0 saturated heterocycles. The largest absolute Gasteiger partial charge is 0.395 e. The predicted molar refractivity (Wildman–Crippen MR) is 119 cm³/mol. The van der Waals surface area contributed by atoms with Crippen LogP contribution in [0.4, 0.5) is 0 Å². The molecule has 2 aromatic carbocycles. The third-order valence-electron chi connectivity index (χ3n) is 4.60. The van der Waals surface area contributed by atoms with Gasteiger partial charge in [0.05, 0.1) is 19.4 Å². The molecule has 0 aliphatic heterocycles. The Labute approximate surface area is 187 Å². The van der Waals surface area contributed by atoms with E-state index in [9.17, 15) is 18.0 Å². The zero-order valence-corrected chi connectivity index (χ0v) is 18.9. The molecule has 0 unspecified atom stereocenters. The van der Waals surface area contributed by atoms with E-state index < -0.39 is 34.4 Å². The van der Waals surface area contributed by atoms with E-state index in [-0.39, 0.29) is 19.7 Å². The first-order valence-corrected chi connectivity index (χ1v) is 11.7. The summed E-state index contributed by atoms with van der Waals surface area (Å²) in [5.41, 5.74) is 1.28. The average Bonchev–Trinajstić information content (AvgIpc) is 2.73. The fraction of sp³-hybridized carbons (Fsp3) is 0.333. The minimum atomic E-state index is -3.60. The van der Waals surface area contributed by atoms with Crippen molar-refractivity contribution in [1.29, 1.82) is 0 Å². The van der Waals surface area contributed by atoms with E-state index in [1.807, 2.05) is 0 Å². The Bertz CT molecular complexity index is 984. The van der Waals surface area contributed by atoms with E-state index in [2.05, 4.69) is 5.32 Å². The van der Waals surface area contributed by atoms with Crippen LogP contribution in [-0.2, 0) is 26.2 Å². The van der Waals surface area contributed by atoms with Gasteiger partial charge in [-0.15, -0.1) is 0 Å². The van der Waals surface area contributed by atoms with Crippen molar-refractivity contribution < 1.29 is 23.1 Å². The quantitative estimate of drug-likeness (QED) is 0.549. The van der Waals surface area contributed by atoms with Crippen LogP contribution in [0.2, 0.25) is 5.02 Å². The summed E-state index contributed by atoms with van der Waals surface area (Å²) in [5, 5.41) is 12.2. The number of likely N-dealkylation sites (N-methyl/N-ethyl adjacent to an activating group) is 1. The number of hydrogen-bond donors (Lipinski definition) is 2. The monoisotopic (exact) mass is 467 g/mol. The lowest BCUT2D eigenvalue weighted by molar-refractivity contribution is -0.141. The molecule has 8 nitrogen and oxygen atoms in total. The third-order valence-corrected chi connectivity index (χ3v) is 6.11. The first kappa shape index (κ1) is 24.8. The number of rotatable bonds is 10. The van der Waals surface area contributed by atoms with Crippen molar-refractivity contribution >= 4 is 33.4 Å². The van der Waals surface area contributed by atoms with E-state index in [4.69, 9.17) is 16.7 Å². The highest BCUT2D eigenvalue weighted by Gasteiger charge is 2.32. The van der Waals surface area contributed by atoms with Crippen LogP contribution in [0.15, 0.2) is 54.6 Å². The highest BCUT2D eigenvalue weighted by atomic mass is 35.5. The van der Waals surface area contributed by atoms with Gasteiger partial charge in [-0.05, 0) is 23.3 Å². The molecular formula is C21H26ClN3O5S. The Kier molecular flexibility index (Phi) is 9.00. The fourth-order valence-electron chi connectivity index (χ4n) is 2.89. The molecule has 1 atom stereocenters. The van der Waals surface area contributed by atoms with E-state index in [1.54, 1.807) is 54.6 Å². The van der Waals surface area contributed by atoms with Gasteiger partial charge in [-0.3, -0.25) is 9.59 Å². The smallest absolute Gasteiger partial charge is 0.247 e. The number of benzene rings is 2. The van der Waals surface area contributed by atoms with Gasteiger partial charge in [0.1, 0.15) is 6.04 Å². The molecular weight excluding hydrogens is 442 g/mol. The van der Waals surface area contributed by atoms with Crippen LogP contribution >= 0.6 is 11.6 Å². The van der Waals surface area contributed by atoms with Crippen LogP contribution in [0, 0.1) is 0 Å². The zero-order chi connectivity index (χ0) is 23.0. The van der Waals surface area contributed by atoms with Crippen LogP contribution in [0.1, 0.15) is 17.2 Å². The van der Waals surface area contributed by atoms with Crippen molar-refractivity contribution in [2.24, 2.45) is 0 Å². The maximum absolute atomic E-state index is 13.2. The van der Waals surface area contributed by atoms with Crippen LogP contribution in [0.25, 0.3) is 0 Å². The van der Waals surface area contributed by atoms with Gasteiger partial charge >= 0.3 is 0 Å². The second-order valence-electron chi connectivity index (χ2n) is 6.99. The SMILES string of the molecule is CN(CC(=O)N(Cc1ccc(Cl)cc1)[C@H](C(=O)NCCO)c1ccccc1)S(C)(=O)=O. The lowest BCUT2D eigenvalue weighted by Gasteiger charge is -2.32. The summed E-state index contributed by atoms with van der Waals surface area (Å²) in [7, 11) is -2.30. The normalized spacial score (nSPS) is 12.4. The van der Waals surface area contributed by atoms with Crippen molar-refractivity contribution in [3.05, 3.63) is 70.7 Å². The van der Waals surface area contributed by atoms with Gasteiger partial charge in [-0.25, -0.2) is 8.42 Å². The highest BCUT2D eigenvalue weighted by molar-refractivity contribution is 7.88. The van der Waals surface area contributed by atoms with Gasteiger partial charge < -0.3 is 15.3 Å². The Morgan fingerprint density at radius 2 is 1.71 bits per heavy atom. The summed E-state index contributed by atoms with van der Waals surface area (Å²) in [6, 6.07) is 14.5. The first-order valence-electron chi connectivity index (χ1n) is 9.52. The molecule has 0 saturated carbocycles. The summed E-state index contributed by atoms with van der Waals surface area (Å²) < 4.78 is 24.6. The summed E-state index contributed by atoms with van der Waals surface area (Å²) in [5.74, 6) is -1.03. The molecule has 2 amide bonds. The van der Waals surface area contributed by atoms with E-state index in [0.29, 0.717) is 10.6 Å². The standard InChI is InChI=1S/C21H26ClN3O5S/c1-24(31(2,29)30)15-19(27)25(14-16-8-10-18(22)11-9-16)20(21(28)23-12-13-26)17-6-4-3-5-7-17/h3-11,20,26H,12-15H2,1-2H3,(H,23,28)/t20-/m0/s1. The molecule has 0 radical (unpaired) electrons. The number of nitrogens with zero attached hydrogens (tertiary/aromatic N) is 2. The molecule has 0 aromatic heterocycles. The van der Waals surface area contributed by atoms with Crippen molar-refractivity contribution in [1.82, 2.24) is 14.5 Å². The number of nitrogens with one attached hydrogen (secondary N) is 1. The summed E-state index contributed by atoms with van der Waals surface area (Å²) in [6.45, 7) is -0.605. The molecule has 2 N–H and O–H groups in total. The number of carbonyl (C=O) groups is 2. The molecule has 2 aromatic rings. The van der Waals surface area contributed by atoms with Crippen molar-refractivity contribution in [3.63, 3.8) is 0 Å². The van der Waals surface area contributed by atoms with Crippen molar-refractivity contribution in [2.75, 3.05) is 33.0 Å². The highest BCUT2D eigenvalue weighted by Crippen LogP contribution is 2.25. The second-order valence-corrected chi connectivity index (χ2v) is 9.52. The summed E-state index contributed by atoms with van der Waals surface area (Å²) in [4.78, 5) is 27.6. The molecule has 0 bridgehead atoms.